The summed E-state index contributed by atoms with van der Waals surface area (Å²) in [6.45, 7) is 1.82. The molecule has 0 unspecified atom stereocenters. The van der Waals surface area contributed by atoms with Gasteiger partial charge in [0.25, 0.3) is 0 Å². The van der Waals surface area contributed by atoms with Crippen molar-refractivity contribution >= 4 is 5.91 Å². The number of hydrogen-bond donors (Lipinski definition) is 2. The number of aliphatic hydroxyl groups is 1. The minimum atomic E-state index is -0.775. The van der Waals surface area contributed by atoms with Gasteiger partial charge < -0.3 is 10.4 Å². The Hall–Kier alpha value is -1.08. The Bertz CT molecular complexity index is 236. The van der Waals surface area contributed by atoms with Gasteiger partial charge in [0.2, 0.25) is 5.91 Å². The second kappa shape index (κ2) is 3.75. The minimum Gasteiger partial charge on any atom is -0.394 e. The number of nitrogens with one attached hydrogen (secondary N) is 1. The van der Waals surface area contributed by atoms with Gasteiger partial charge in [0.15, 0.2) is 0 Å². The van der Waals surface area contributed by atoms with Crippen LogP contribution in [0.4, 0.5) is 0 Å². The number of rotatable bonds is 4. The standard InChI is InChI=1S/C9H14N2O2/c1-2-7(5-12)11-8(13)9(6-10)3-4-9/h7,12H,2-5H2,1H3,(H,11,13)/t7-/m1/s1. The zero-order valence-corrected chi connectivity index (χ0v) is 7.71. The molecule has 1 saturated carbocycles. The van der Waals surface area contributed by atoms with Crippen LogP contribution in [-0.4, -0.2) is 23.7 Å². The van der Waals surface area contributed by atoms with Crippen molar-refractivity contribution in [2.24, 2.45) is 5.41 Å². The summed E-state index contributed by atoms with van der Waals surface area (Å²) >= 11 is 0. The third-order valence-electron chi connectivity index (χ3n) is 2.45. The summed E-state index contributed by atoms with van der Waals surface area (Å²) in [5.74, 6) is -0.226. The fourth-order valence-electron chi connectivity index (χ4n) is 1.11. The molecule has 72 valence electrons. The van der Waals surface area contributed by atoms with E-state index in [0.717, 1.165) is 0 Å². The van der Waals surface area contributed by atoms with E-state index in [1.165, 1.54) is 0 Å². The first kappa shape index (κ1) is 10.0. The van der Waals surface area contributed by atoms with E-state index in [0.29, 0.717) is 19.3 Å². The molecule has 1 aliphatic rings. The van der Waals surface area contributed by atoms with Crippen LogP contribution in [0.5, 0.6) is 0 Å². The maximum Gasteiger partial charge on any atom is 0.240 e. The van der Waals surface area contributed by atoms with Crippen LogP contribution in [0.2, 0.25) is 0 Å². The highest BCUT2D eigenvalue weighted by atomic mass is 16.3. The summed E-state index contributed by atoms with van der Waals surface area (Å²) in [6.07, 6.45) is 1.98. The molecule has 1 fully saturated rings. The van der Waals surface area contributed by atoms with Crippen molar-refractivity contribution in [3.63, 3.8) is 0 Å². The summed E-state index contributed by atoms with van der Waals surface area (Å²) in [5.41, 5.74) is -0.775. The van der Waals surface area contributed by atoms with Crippen molar-refractivity contribution in [1.82, 2.24) is 5.32 Å². The van der Waals surface area contributed by atoms with Crippen LogP contribution in [0, 0.1) is 16.7 Å². The van der Waals surface area contributed by atoms with Gasteiger partial charge in [0.05, 0.1) is 18.7 Å². The van der Waals surface area contributed by atoms with Crippen molar-refractivity contribution in [1.29, 1.82) is 5.26 Å². The molecule has 1 aliphatic carbocycles. The molecule has 0 saturated heterocycles. The van der Waals surface area contributed by atoms with E-state index in [-0.39, 0.29) is 18.6 Å². The molecule has 1 atom stereocenters. The normalized spacial score (nSPS) is 20.1. The monoisotopic (exact) mass is 182 g/mol. The van der Waals surface area contributed by atoms with Crippen molar-refractivity contribution in [2.75, 3.05) is 6.61 Å². The molecule has 0 bridgehead atoms. The van der Waals surface area contributed by atoms with Crippen LogP contribution >= 0.6 is 0 Å². The molecule has 4 heteroatoms. The molecule has 0 aliphatic heterocycles. The second-order valence-corrected chi connectivity index (χ2v) is 3.46. The van der Waals surface area contributed by atoms with Crippen LogP contribution in [0.15, 0.2) is 0 Å². The quantitative estimate of drug-likeness (QED) is 0.651. The van der Waals surface area contributed by atoms with E-state index in [1.54, 1.807) is 0 Å². The molecular formula is C9H14N2O2. The first-order valence-electron chi connectivity index (χ1n) is 4.51. The molecule has 0 heterocycles. The first-order chi connectivity index (χ1) is 6.18. The van der Waals surface area contributed by atoms with Gasteiger partial charge >= 0.3 is 0 Å². The van der Waals surface area contributed by atoms with E-state index in [9.17, 15) is 4.79 Å². The Morgan fingerprint density at radius 1 is 1.77 bits per heavy atom. The van der Waals surface area contributed by atoms with Crippen LogP contribution in [0.3, 0.4) is 0 Å². The molecule has 0 radical (unpaired) electrons. The van der Waals surface area contributed by atoms with Gasteiger partial charge in [-0.05, 0) is 19.3 Å². The average Bonchev–Trinajstić information content (AvgIpc) is 2.94. The van der Waals surface area contributed by atoms with Crippen LogP contribution < -0.4 is 5.32 Å². The number of carbonyl (C=O) groups excluding carboxylic acids is 1. The van der Waals surface area contributed by atoms with E-state index in [1.807, 2.05) is 13.0 Å². The summed E-state index contributed by atoms with van der Waals surface area (Å²) in [5, 5.41) is 20.2. The lowest BCUT2D eigenvalue weighted by Gasteiger charge is -2.15. The molecular weight excluding hydrogens is 168 g/mol. The number of carbonyl (C=O) groups is 1. The topological polar surface area (TPSA) is 73.1 Å². The Morgan fingerprint density at radius 2 is 2.38 bits per heavy atom. The number of hydrogen-bond acceptors (Lipinski definition) is 3. The molecule has 13 heavy (non-hydrogen) atoms. The highest BCUT2D eigenvalue weighted by Crippen LogP contribution is 2.45. The fraction of sp³-hybridized carbons (Fsp3) is 0.778. The number of aliphatic hydroxyl groups excluding tert-OH is 1. The van der Waals surface area contributed by atoms with Gasteiger partial charge in [0.1, 0.15) is 5.41 Å². The lowest BCUT2D eigenvalue weighted by Crippen LogP contribution is -2.41. The highest BCUT2D eigenvalue weighted by molar-refractivity contribution is 5.88. The minimum absolute atomic E-state index is 0.0657. The van der Waals surface area contributed by atoms with Crippen molar-refractivity contribution < 1.29 is 9.90 Å². The molecule has 0 aromatic rings. The lowest BCUT2D eigenvalue weighted by atomic mass is 10.1. The van der Waals surface area contributed by atoms with Crippen LogP contribution in [0.1, 0.15) is 26.2 Å². The van der Waals surface area contributed by atoms with E-state index in [4.69, 9.17) is 10.4 Å². The summed E-state index contributed by atoms with van der Waals surface area (Å²) in [6, 6.07) is 1.80. The highest BCUT2D eigenvalue weighted by Gasteiger charge is 2.50. The van der Waals surface area contributed by atoms with Crippen LogP contribution in [0.25, 0.3) is 0 Å². The van der Waals surface area contributed by atoms with E-state index < -0.39 is 5.41 Å². The van der Waals surface area contributed by atoms with Crippen molar-refractivity contribution in [2.45, 2.75) is 32.2 Å². The third-order valence-corrected chi connectivity index (χ3v) is 2.45. The average molecular weight is 182 g/mol. The zero-order valence-electron chi connectivity index (χ0n) is 7.71. The Kier molecular flexibility index (Phi) is 2.89. The number of nitrogens with zero attached hydrogens (tertiary/aromatic N) is 1. The Morgan fingerprint density at radius 3 is 2.69 bits per heavy atom. The van der Waals surface area contributed by atoms with Gasteiger partial charge in [-0.25, -0.2) is 0 Å². The van der Waals surface area contributed by atoms with Gasteiger partial charge in [-0.2, -0.15) is 5.26 Å². The van der Waals surface area contributed by atoms with E-state index in [2.05, 4.69) is 5.32 Å². The Balaban J connectivity index is 2.46. The molecule has 0 aromatic carbocycles. The van der Waals surface area contributed by atoms with Crippen molar-refractivity contribution in [3.8, 4) is 6.07 Å². The predicted octanol–water partition coefficient (Wildman–Crippen LogP) is 0.177. The zero-order chi connectivity index (χ0) is 9.90. The molecule has 4 nitrogen and oxygen atoms in total. The Labute approximate surface area is 77.6 Å². The molecule has 2 N–H and O–H groups in total. The van der Waals surface area contributed by atoms with Crippen LogP contribution in [-0.2, 0) is 4.79 Å². The maximum atomic E-state index is 11.4. The molecule has 1 amide bonds. The largest absolute Gasteiger partial charge is 0.394 e. The predicted molar refractivity (Wildman–Crippen MR) is 46.6 cm³/mol. The molecule has 0 aromatic heterocycles. The summed E-state index contributed by atoms with van der Waals surface area (Å²) in [4.78, 5) is 11.4. The van der Waals surface area contributed by atoms with Gasteiger partial charge in [-0.15, -0.1) is 0 Å². The molecule has 1 rings (SSSR count). The van der Waals surface area contributed by atoms with Gasteiger partial charge in [0, 0.05) is 0 Å². The SMILES string of the molecule is CC[C@H](CO)NC(=O)C1(C#N)CC1. The maximum absolute atomic E-state index is 11.4. The smallest absolute Gasteiger partial charge is 0.240 e. The van der Waals surface area contributed by atoms with E-state index >= 15 is 0 Å². The summed E-state index contributed by atoms with van der Waals surface area (Å²) < 4.78 is 0. The van der Waals surface area contributed by atoms with Crippen molar-refractivity contribution in [3.05, 3.63) is 0 Å². The third kappa shape index (κ3) is 1.99. The van der Waals surface area contributed by atoms with Gasteiger partial charge in [-0.3, -0.25) is 4.79 Å². The number of amides is 1. The second-order valence-electron chi connectivity index (χ2n) is 3.46. The lowest BCUT2D eigenvalue weighted by molar-refractivity contribution is -0.125. The van der Waals surface area contributed by atoms with Gasteiger partial charge in [-0.1, -0.05) is 6.92 Å². The molecule has 0 spiro atoms. The number of nitriles is 1. The summed E-state index contributed by atoms with van der Waals surface area (Å²) in [7, 11) is 0. The fourth-order valence-corrected chi connectivity index (χ4v) is 1.11. The first-order valence-corrected chi connectivity index (χ1v) is 4.51.